The molecule has 0 saturated carbocycles. The lowest BCUT2D eigenvalue weighted by Crippen LogP contribution is -2.10. The lowest BCUT2D eigenvalue weighted by Gasteiger charge is -2.03. The number of furan rings is 1. The van der Waals surface area contributed by atoms with Crippen LogP contribution in [-0.4, -0.2) is 15.3 Å². The number of benzene rings is 1. The lowest BCUT2D eigenvalue weighted by atomic mass is 10.1. The van der Waals surface area contributed by atoms with Gasteiger partial charge in [-0.1, -0.05) is 30.1 Å². The van der Waals surface area contributed by atoms with Crippen molar-refractivity contribution in [2.24, 2.45) is 0 Å². The van der Waals surface area contributed by atoms with Gasteiger partial charge in [0.1, 0.15) is 22.6 Å². The summed E-state index contributed by atoms with van der Waals surface area (Å²) in [6.07, 6.45) is 0. The number of hydrogen-bond acceptors (Lipinski definition) is 5. The molecular formula is C13H11Cl2N3OS. The van der Waals surface area contributed by atoms with Crippen LogP contribution in [-0.2, 0) is 6.54 Å². The third-order valence-corrected chi connectivity index (χ3v) is 4.02. The van der Waals surface area contributed by atoms with Crippen LogP contribution in [0.5, 0.6) is 0 Å². The molecule has 4 nitrogen and oxygen atoms in total. The SMILES string of the molecule is CCNCc1ccc(-c2c(Cl)cc(Cl)c3nsnc23)o1. The second-order valence-corrected chi connectivity index (χ2v) is 5.57. The fourth-order valence-electron chi connectivity index (χ4n) is 1.96. The van der Waals surface area contributed by atoms with Crippen molar-refractivity contribution < 1.29 is 4.42 Å². The highest BCUT2D eigenvalue weighted by molar-refractivity contribution is 7.00. The standard InChI is InChI=1S/C13H11Cl2N3OS/c1-2-16-6-7-3-4-10(19-7)11-8(14)5-9(15)12-13(11)18-20-17-12/h3-5,16H,2,6H2,1H3. The minimum absolute atomic E-state index is 0.502. The topological polar surface area (TPSA) is 51.0 Å². The number of nitrogens with one attached hydrogen (secondary N) is 1. The van der Waals surface area contributed by atoms with Crippen molar-refractivity contribution in [1.82, 2.24) is 14.1 Å². The quantitative estimate of drug-likeness (QED) is 0.773. The number of nitrogens with zero attached hydrogens (tertiary/aromatic N) is 2. The molecule has 2 heterocycles. The molecule has 3 aromatic rings. The molecule has 0 amide bonds. The van der Waals surface area contributed by atoms with E-state index in [0.29, 0.717) is 33.4 Å². The van der Waals surface area contributed by atoms with Crippen molar-refractivity contribution in [3.05, 3.63) is 34.0 Å². The Morgan fingerprint density at radius 1 is 1.20 bits per heavy atom. The molecule has 0 spiro atoms. The Kier molecular flexibility index (Phi) is 3.94. The van der Waals surface area contributed by atoms with E-state index in [4.69, 9.17) is 27.6 Å². The van der Waals surface area contributed by atoms with Crippen molar-refractivity contribution in [3.8, 4) is 11.3 Å². The van der Waals surface area contributed by atoms with Crippen LogP contribution in [0, 0.1) is 0 Å². The van der Waals surface area contributed by atoms with E-state index in [-0.39, 0.29) is 0 Å². The summed E-state index contributed by atoms with van der Waals surface area (Å²) in [5, 5.41) is 4.23. The van der Waals surface area contributed by atoms with Gasteiger partial charge in [0.15, 0.2) is 0 Å². The molecule has 1 aromatic carbocycles. The van der Waals surface area contributed by atoms with Crippen molar-refractivity contribution in [2.75, 3.05) is 6.54 Å². The van der Waals surface area contributed by atoms with Gasteiger partial charge in [-0.15, -0.1) is 0 Å². The van der Waals surface area contributed by atoms with E-state index in [0.717, 1.165) is 29.6 Å². The third-order valence-electron chi connectivity index (χ3n) is 2.90. The summed E-state index contributed by atoms with van der Waals surface area (Å²) in [5.41, 5.74) is 2.07. The molecule has 0 aliphatic heterocycles. The van der Waals surface area contributed by atoms with Gasteiger partial charge in [0.2, 0.25) is 0 Å². The van der Waals surface area contributed by atoms with Gasteiger partial charge >= 0.3 is 0 Å². The summed E-state index contributed by atoms with van der Waals surface area (Å²) >= 11 is 13.5. The monoisotopic (exact) mass is 327 g/mol. The van der Waals surface area contributed by atoms with Crippen LogP contribution in [0.2, 0.25) is 10.0 Å². The van der Waals surface area contributed by atoms with E-state index in [1.165, 1.54) is 0 Å². The zero-order chi connectivity index (χ0) is 14.1. The Hall–Kier alpha value is -1.14. The first-order chi connectivity index (χ1) is 9.70. The highest BCUT2D eigenvalue weighted by atomic mass is 35.5. The van der Waals surface area contributed by atoms with Crippen molar-refractivity contribution in [3.63, 3.8) is 0 Å². The molecule has 0 radical (unpaired) electrons. The van der Waals surface area contributed by atoms with Crippen LogP contribution in [0.15, 0.2) is 22.6 Å². The lowest BCUT2D eigenvalue weighted by molar-refractivity contribution is 0.499. The molecule has 3 rings (SSSR count). The van der Waals surface area contributed by atoms with E-state index in [1.807, 2.05) is 19.1 Å². The molecule has 104 valence electrons. The normalized spacial score (nSPS) is 11.3. The zero-order valence-corrected chi connectivity index (χ0v) is 12.9. The average molecular weight is 328 g/mol. The molecule has 1 N–H and O–H groups in total. The maximum atomic E-state index is 6.29. The van der Waals surface area contributed by atoms with Gasteiger partial charge in [-0.3, -0.25) is 0 Å². The molecule has 0 unspecified atom stereocenters. The summed E-state index contributed by atoms with van der Waals surface area (Å²) in [7, 11) is 0. The van der Waals surface area contributed by atoms with E-state index in [2.05, 4.69) is 14.1 Å². The minimum Gasteiger partial charge on any atom is -0.460 e. The first-order valence-corrected chi connectivity index (χ1v) is 7.59. The van der Waals surface area contributed by atoms with Crippen LogP contribution in [0.4, 0.5) is 0 Å². The second kappa shape index (κ2) is 5.69. The summed E-state index contributed by atoms with van der Waals surface area (Å²) in [6, 6.07) is 5.49. The maximum Gasteiger partial charge on any atom is 0.138 e. The Morgan fingerprint density at radius 2 is 2.00 bits per heavy atom. The molecule has 2 aromatic heterocycles. The van der Waals surface area contributed by atoms with Crippen LogP contribution >= 0.6 is 34.9 Å². The van der Waals surface area contributed by atoms with Crippen LogP contribution in [0.25, 0.3) is 22.4 Å². The minimum atomic E-state index is 0.502. The van der Waals surface area contributed by atoms with E-state index >= 15 is 0 Å². The number of fused-ring (bicyclic) bond motifs is 1. The molecule has 0 fully saturated rings. The smallest absolute Gasteiger partial charge is 0.138 e. The molecule has 0 bridgehead atoms. The molecule has 0 saturated heterocycles. The molecule has 0 aliphatic rings. The van der Waals surface area contributed by atoms with Crippen molar-refractivity contribution >= 4 is 46.0 Å². The van der Waals surface area contributed by atoms with E-state index < -0.39 is 0 Å². The first kappa shape index (κ1) is 13.8. The van der Waals surface area contributed by atoms with Gasteiger partial charge in [-0.2, -0.15) is 8.75 Å². The van der Waals surface area contributed by atoms with Crippen LogP contribution in [0.3, 0.4) is 0 Å². The van der Waals surface area contributed by atoms with Crippen molar-refractivity contribution in [2.45, 2.75) is 13.5 Å². The predicted octanol–water partition coefficient (Wildman–Crippen LogP) is 4.37. The first-order valence-electron chi connectivity index (χ1n) is 6.10. The second-order valence-electron chi connectivity index (χ2n) is 4.22. The number of hydrogen-bond donors (Lipinski definition) is 1. The molecule has 0 aliphatic carbocycles. The fourth-order valence-corrected chi connectivity index (χ4v) is 3.17. The fraction of sp³-hybridized carbons (Fsp3) is 0.231. The molecule has 20 heavy (non-hydrogen) atoms. The number of rotatable bonds is 4. The summed E-state index contributed by atoms with van der Waals surface area (Å²) in [5.74, 6) is 1.53. The number of aromatic nitrogens is 2. The largest absolute Gasteiger partial charge is 0.460 e. The molecular weight excluding hydrogens is 317 g/mol. The third kappa shape index (κ3) is 2.42. The van der Waals surface area contributed by atoms with Gasteiger partial charge in [0.25, 0.3) is 0 Å². The zero-order valence-electron chi connectivity index (χ0n) is 10.6. The summed E-state index contributed by atoms with van der Waals surface area (Å²) in [6.45, 7) is 3.61. The van der Waals surface area contributed by atoms with Gasteiger partial charge in [-0.25, -0.2) is 0 Å². The predicted molar refractivity (Wildman–Crippen MR) is 82.5 cm³/mol. The van der Waals surface area contributed by atoms with E-state index in [1.54, 1.807) is 6.07 Å². The molecule has 0 atom stereocenters. The van der Waals surface area contributed by atoms with Crippen LogP contribution < -0.4 is 5.32 Å². The van der Waals surface area contributed by atoms with Gasteiger partial charge in [0.05, 0.1) is 33.9 Å². The van der Waals surface area contributed by atoms with E-state index in [9.17, 15) is 0 Å². The van der Waals surface area contributed by atoms with Crippen LogP contribution in [0.1, 0.15) is 12.7 Å². The average Bonchev–Trinajstić information content (AvgIpc) is 3.05. The summed E-state index contributed by atoms with van der Waals surface area (Å²) in [4.78, 5) is 0. The van der Waals surface area contributed by atoms with Crippen molar-refractivity contribution in [1.29, 1.82) is 0 Å². The summed E-state index contributed by atoms with van der Waals surface area (Å²) < 4.78 is 14.3. The number of halogens is 2. The molecule has 7 heteroatoms. The Balaban J connectivity index is 2.09. The Morgan fingerprint density at radius 3 is 2.80 bits per heavy atom. The van der Waals surface area contributed by atoms with Gasteiger partial charge in [-0.05, 0) is 24.7 Å². The van der Waals surface area contributed by atoms with Gasteiger partial charge < -0.3 is 9.73 Å². The van der Waals surface area contributed by atoms with Gasteiger partial charge in [0, 0.05) is 0 Å². The maximum absolute atomic E-state index is 6.29. The Labute approximate surface area is 130 Å². The Bertz CT molecular complexity index is 753. The highest BCUT2D eigenvalue weighted by Gasteiger charge is 2.18. The highest BCUT2D eigenvalue weighted by Crippen LogP contribution is 2.38.